The molecule has 108 valence electrons. The Morgan fingerprint density at radius 2 is 1.86 bits per heavy atom. The van der Waals surface area contributed by atoms with Crippen LogP contribution in [0.4, 0.5) is 5.69 Å². The van der Waals surface area contributed by atoms with Crippen LogP contribution in [0.3, 0.4) is 0 Å². The summed E-state index contributed by atoms with van der Waals surface area (Å²) in [5.41, 5.74) is 2.53. The highest BCUT2D eigenvalue weighted by Crippen LogP contribution is 2.22. The third-order valence-corrected chi connectivity index (χ3v) is 3.65. The van der Waals surface area contributed by atoms with Crippen molar-refractivity contribution in [2.75, 3.05) is 5.32 Å². The Hall–Kier alpha value is -2.33. The molecule has 0 aromatic heterocycles. The quantitative estimate of drug-likeness (QED) is 0.903. The normalized spacial score (nSPS) is 10.2. The summed E-state index contributed by atoms with van der Waals surface area (Å²) in [7, 11) is 0. The second kappa shape index (κ2) is 5.97. The lowest BCUT2D eigenvalue weighted by molar-refractivity contribution is 0.0696. The van der Waals surface area contributed by atoms with Crippen LogP contribution in [0.1, 0.15) is 31.8 Å². The van der Waals surface area contributed by atoms with E-state index in [1.807, 2.05) is 0 Å². The summed E-state index contributed by atoms with van der Waals surface area (Å²) in [4.78, 5) is 23.3. The molecule has 2 rings (SSSR count). The molecule has 0 bridgehead atoms. The lowest BCUT2D eigenvalue weighted by atomic mass is 10.1. The van der Waals surface area contributed by atoms with E-state index in [0.717, 1.165) is 5.56 Å². The van der Waals surface area contributed by atoms with Gasteiger partial charge in [0.15, 0.2) is 0 Å². The van der Waals surface area contributed by atoms with Gasteiger partial charge >= 0.3 is 5.97 Å². The van der Waals surface area contributed by atoms with Crippen LogP contribution < -0.4 is 5.32 Å². The molecule has 0 unspecified atom stereocenters. The van der Waals surface area contributed by atoms with Crippen LogP contribution in [0.2, 0.25) is 5.02 Å². The van der Waals surface area contributed by atoms with E-state index in [9.17, 15) is 9.59 Å². The molecule has 0 heterocycles. The molecule has 1 amide bonds. The van der Waals surface area contributed by atoms with Crippen molar-refractivity contribution in [3.8, 4) is 0 Å². The van der Waals surface area contributed by atoms with Crippen LogP contribution in [0.25, 0.3) is 0 Å². The Balaban J connectivity index is 2.33. The van der Waals surface area contributed by atoms with E-state index >= 15 is 0 Å². The Labute approximate surface area is 127 Å². The fourth-order valence-corrected chi connectivity index (χ4v) is 2.11. The number of carboxylic acid groups (broad SMARTS) is 1. The van der Waals surface area contributed by atoms with Crippen molar-refractivity contribution < 1.29 is 14.7 Å². The van der Waals surface area contributed by atoms with E-state index in [1.165, 1.54) is 12.1 Å². The predicted octanol–water partition coefficient (Wildman–Crippen LogP) is 3.91. The van der Waals surface area contributed by atoms with Crippen molar-refractivity contribution >= 4 is 29.2 Å². The van der Waals surface area contributed by atoms with Gasteiger partial charge in [-0.1, -0.05) is 23.7 Å². The highest BCUT2D eigenvalue weighted by Gasteiger charge is 2.13. The van der Waals surface area contributed by atoms with E-state index in [1.54, 1.807) is 38.1 Å². The third-order valence-electron chi connectivity index (χ3n) is 3.25. The van der Waals surface area contributed by atoms with Crippen molar-refractivity contribution in [2.24, 2.45) is 0 Å². The van der Waals surface area contributed by atoms with Crippen LogP contribution in [0, 0.1) is 13.8 Å². The molecule has 0 aliphatic heterocycles. The van der Waals surface area contributed by atoms with E-state index in [4.69, 9.17) is 16.7 Å². The first-order valence-corrected chi connectivity index (χ1v) is 6.68. The van der Waals surface area contributed by atoms with Crippen LogP contribution in [-0.2, 0) is 0 Å². The van der Waals surface area contributed by atoms with Gasteiger partial charge in [-0.2, -0.15) is 0 Å². The largest absolute Gasteiger partial charge is 0.478 e. The van der Waals surface area contributed by atoms with Gasteiger partial charge in [0.05, 0.1) is 5.56 Å². The molecule has 0 fully saturated rings. The number of aryl methyl sites for hydroxylation is 1. The average molecular weight is 304 g/mol. The van der Waals surface area contributed by atoms with Crippen LogP contribution >= 0.6 is 11.6 Å². The smallest absolute Gasteiger partial charge is 0.335 e. The predicted molar refractivity (Wildman–Crippen MR) is 82.3 cm³/mol. The fraction of sp³-hybridized carbons (Fsp3) is 0.125. The number of hydrogen-bond acceptors (Lipinski definition) is 2. The number of benzene rings is 2. The molecular weight excluding hydrogens is 290 g/mol. The van der Waals surface area contributed by atoms with Crippen LogP contribution in [0.15, 0.2) is 36.4 Å². The average Bonchev–Trinajstić information content (AvgIpc) is 2.43. The van der Waals surface area contributed by atoms with E-state index in [-0.39, 0.29) is 11.5 Å². The summed E-state index contributed by atoms with van der Waals surface area (Å²) in [5, 5.41) is 12.2. The van der Waals surface area contributed by atoms with Crippen molar-refractivity contribution in [3.63, 3.8) is 0 Å². The van der Waals surface area contributed by atoms with Gasteiger partial charge in [0, 0.05) is 16.3 Å². The molecular formula is C16H14ClNO3. The lowest BCUT2D eigenvalue weighted by Crippen LogP contribution is -2.15. The minimum Gasteiger partial charge on any atom is -0.478 e. The van der Waals surface area contributed by atoms with E-state index in [0.29, 0.717) is 21.8 Å². The zero-order chi connectivity index (χ0) is 15.6. The fourth-order valence-electron chi connectivity index (χ4n) is 1.93. The second-order valence-electron chi connectivity index (χ2n) is 4.70. The standard InChI is InChI=1S/C16H14ClNO3/c1-9-6-7-11(16(20)21)8-14(9)18-15(19)12-4-3-5-13(17)10(12)2/h3-8H,1-2H3,(H,18,19)(H,20,21). The van der Waals surface area contributed by atoms with Crippen molar-refractivity contribution in [2.45, 2.75) is 13.8 Å². The molecule has 0 radical (unpaired) electrons. The summed E-state index contributed by atoms with van der Waals surface area (Å²) in [5.74, 6) is -1.36. The molecule has 21 heavy (non-hydrogen) atoms. The number of carbonyl (C=O) groups is 2. The maximum atomic E-state index is 12.3. The Morgan fingerprint density at radius 3 is 2.52 bits per heavy atom. The number of rotatable bonds is 3. The van der Waals surface area contributed by atoms with Gasteiger partial charge in [-0.25, -0.2) is 4.79 Å². The third kappa shape index (κ3) is 3.23. The molecule has 0 atom stereocenters. The minimum absolute atomic E-state index is 0.124. The van der Waals surface area contributed by atoms with Gasteiger partial charge in [-0.05, 0) is 49.2 Å². The molecule has 4 nitrogen and oxygen atoms in total. The van der Waals surface area contributed by atoms with Crippen LogP contribution in [-0.4, -0.2) is 17.0 Å². The lowest BCUT2D eigenvalue weighted by Gasteiger charge is -2.11. The number of halogens is 1. The minimum atomic E-state index is -1.04. The van der Waals surface area contributed by atoms with Crippen molar-refractivity contribution in [1.29, 1.82) is 0 Å². The number of aromatic carboxylic acids is 1. The molecule has 2 aromatic carbocycles. The molecule has 0 aliphatic carbocycles. The molecule has 2 N–H and O–H groups in total. The topological polar surface area (TPSA) is 66.4 Å². The molecule has 5 heteroatoms. The summed E-state index contributed by atoms with van der Waals surface area (Å²) >= 11 is 6.00. The van der Waals surface area contributed by atoms with Crippen LogP contribution in [0.5, 0.6) is 0 Å². The van der Waals surface area contributed by atoms with E-state index in [2.05, 4.69) is 5.32 Å². The number of carboxylic acids is 1. The first-order chi connectivity index (χ1) is 9.90. The summed E-state index contributed by atoms with van der Waals surface area (Å²) < 4.78 is 0. The van der Waals surface area contributed by atoms with E-state index < -0.39 is 5.97 Å². The molecule has 0 aliphatic rings. The SMILES string of the molecule is Cc1ccc(C(=O)O)cc1NC(=O)c1cccc(Cl)c1C. The van der Waals surface area contributed by atoms with Gasteiger partial charge < -0.3 is 10.4 Å². The van der Waals surface area contributed by atoms with Gasteiger partial charge in [0.1, 0.15) is 0 Å². The number of carbonyl (C=O) groups excluding carboxylic acids is 1. The van der Waals surface area contributed by atoms with Gasteiger partial charge in [-0.15, -0.1) is 0 Å². The van der Waals surface area contributed by atoms with Gasteiger partial charge in [0.25, 0.3) is 5.91 Å². The number of anilines is 1. The Morgan fingerprint density at radius 1 is 1.14 bits per heavy atom. The second-order valence-corrected chi connectivity index (χ2v) is 5.11. The maximum Gasteiger partial charge on any atom is 0.335 e. The summed E-state index contributed by atoms with van der Waals surface area (Å²) in [6.07, 6.45) is 0. The molecule has 0 saturated heterocycles. The van der Waals surface area contributed by atoms with Gasteiger partial charge in [-0.3, -0.25) is 4.79 Å². The number of hydrogen-bond donors (Lipinski definition) is 2. The summed E-state index contributed by atoms with van der Waals surface area (Å²) in [6.45, 7) is 3.56. The zero-order valence-corrected chi connectivity index (χ0v) is 12.4. The first-order valence-electron chi connectivity index (χ1n) is 6.30. The maximum absolute atomic E-state index is 12.3. The Kier molecular flexibility index (Phi) is 4.29. The Bertz CT molecular complexity index is 725. The first kappa shape index (κ1) is 15.1. The summed E-state index contributed by atoms with van der Waals surface area (Å²) in [6, 6.07) is 9.68. The monoisotopic (exact) mass is 303 g/mol. The highest BCUT2D eigenvalue weighted by atomic mass is 35.5. The number of amides is 1. The van der Waals surface area contributed by atoms with Crippen molar-refractivity contribution in [3.05, 3.63) is 63.7 Å². The van der Waals surface area contributed by atoms with Crippen molar-refractivity contribution in [1.82, 2.24) is 0 Å². The molecule has 0 spiro atoms. The zero-order valence-electron chi connectivity index (χ0n) is 11.6. The van der Waals surface area contributed by atoms with Gasteiger partial charge in [0.2, 0.25) is 0 Å². The number of nitrogens with one attached hydrogen (secondary N) is 1. The molecule has 2 aromatic rings. The molecule has 0 saturated carbocycles. The highest BCUT2D eigenvalue weighted by molar-refractivity contribution is 6.32.